The van der Waals surface area contributed by atoms with Crippen molar-refractivity contribution < 1.29 is 14.6 Å². The van der Waals surface area contributed by atoms with Gasteiger partial charge in [0.05, 0.1) is 12.6 Å². The molecule has 0 spiro atoms. The van der Waals surface area contributed by atoms with Crippen LogP contribution >= 0.6 is 0 Å². The monoisotopic (exact) mass is 536 g/mol. The number of nitrogens with zero attached hydrogens (tertiary/aromatic N) is 6. The van der Waals surface area contributed by atoms with Crippen molar-refractivity contribution >= 4 is 11.6 Å². The highest BCUT2D eigenvalue weighted by Crippen LogP contribution is 2.33. The second-order valence-electron chi connectivity index (χ2n) is 10.5. The summed E-state index contributed by atoms with van der Waals surface area (Å²) < 4.78 is 13.7. The number of nitrogens with one attached hydrogen (secondary N) is 2. The molecule has 1 aromatic carbocycles. The molecule has 2 aliphatic rings. The predicted octanol–water partition coefficient (Wildman–Crippen LogP) is 2.66. The van der Waals surface area contributed by atoms with Gasteiger partial charge in [-0.3, -0.25) is 0 Å². The lowest BCUT2D eigenvalue weighted by Gasteiger charge is -2.35. The van der Waals surface area contributed by atoms with Crippen LogP contribution in [0.5, 0.6) is 5.75 Å². The molecule has 11 nitrogen and oxygen atoms in total. The summed E-state index contributed by atoms with van der Waals surface area (Å²) in [4.78, 5) is 12.4. The van der Waals surface area contributed by atoms with E-state index in [0.29, 0.717) is 30.8 Å². The average molecular weight is 537 g/mol. The second kappa shape index (κ2) is 12.3. The standard InChI is InChI=1S/C28H40N8O3/c1-18-26(30-22-10-13-38-16-22)31-27(21-6-5-7-25(14-21)39-17-24(37)15-29-4)32-28(18)35-11-8-23(9-12-35)36-19(2)33-34-20(36)3/h5-7,14,22-24,29,37H,8-13,15-17H2,1-4H3,(H,30,31,32). The van der Waals surface area contributed by atoms with Crippen molar-refractivity contribution in [3.8, 4) is 17.1 Å². The number of rotatable bonds is 10. The van der Waals surface area contributed by atoms with Gasteiger partial charge in [-0.15, -0.1) is 10.2 Å². The fraction of sp³-hybridized carbons (Fsp3) is 0.571. The molecule has 2 aromatic heterocycles. The van der Waals surface area contributed by atoms with Crippen molar-refractivity contribution in [1.82, 2.24) is 30.0 Å². The molecule has 2 atom stereocenters. The van der Waals surface area contributed by atoms with Crippen LogP contribution in [0, 0.1) is 20.8 Å². The van der Waals surface area contributed by atoms with Crippen LogP contribution in [0.1, 0.15) is 42.5 Å². The topological polar surface area (TPSA) is 122 Å². The molecule has 2 aliphatic heterocycles. The fourth-order valence-electron chi connectivity index (χ4n) is 5.48. The molecule has 0 bridgehead atoms. The lowest BCUT2D eigenvalue weighted by atomic mass is 10.0. The van der Waals surface area contributed by atoms with Crippen LogP contribution in [0.3, 0.4) is 0 Å². The zero-order chi connectivity index (χ0) is 27.4. The van der Waals surface area contributed by atoms with Gasteiger partial charge in [-0.25, -0.2) is 9.97 Å². The molecule has 2 fully saturated rings. The second-order valence-corrected chi connectivity index (χ2v) is 10.5. The molecule has 11 heteroatoms. The normalized spacial score (nSPS) is 18.9. The first-order chi connectivity index (χ1) is 18.9. The van der Waals surface area contributed by atoms with Crippen LogP contribution in [0.4, 0.5) is 11.6 Å². The van der Waals surface area contributed by atoms with E-state index in [-0.39, 0.29) is 12.6 Å². The van der Waals surface area contributed by atoms with Crippen molar-refractivity contribution in [3.63, 3.8) is 0 Å². The van der Waals surface area contributed by atoms with Crippen LogP contribution in [-0.4, -0.2) is 88.5 Å². The van der Waals surface area contributed by atoms with Crippen LogP contribution in [0.2, 0.25) is 0 Å². The van der Waals surface area contributed by atoms with Gasteiger partial charge in [0.15, 0.2) is 5.82 Å². The van der Waals surface area contributed by atoms with E-state index in [9.17, 15) is 5.11 Å². The Bertz CT molecular complexity index is 1230. The van der Waals surface area contributed by atoms with Gasteiger partial charge in [-0.1, -0.05) is 12.1 Å². The number of aliphatic hydroxyl groups excluding tert-OH is 1. The quantitative estimate of drug-likeness (QED) is 0.356. The van der Waals surface area contributed by atoms with Crippen molar-refractivity contribution in [1.29, 1.82) is 0 Å². The van der Waals surface area contributed by atoms with E-state index in [2.05, 4.69) is 37.2 Å². The number of ether oxygens (including phenoxy) is 2. The Kier molecular flexibility index (Phi) is 8.59. The first kappa shape index (κ1) is 27.3. The van der Waals surface area contributed by atoms with E-state index in [1.165, 1.54) is 0 Å². The number of aryl methyl sites for hydroxylation is 2. The first-order valence-electron chi connectivity index (χ1n) is 13.8. The molecule has 5 rings (SSSR count). The largest absolute Gasteiger partial charge is 0.491 e. The van der Waals surface area contributed by atoms with Gasteiger partial charge in [0.2, 0.25) is 0 Å². The Hall–Kier alpha value is -3.28. The van der Waals surface area contributed by atoms with Gasteiger partial charge in [-0.05, 0) is 59.2 Å². The minimum Gasteiger partial charge on any atom is -0.491 e. The molecule has 39 heavy (non-hydrogen) atoms. The van der Waals surface area contributed by atoms with Gasteiger partial charge in [0.25, 0.3) is 0 Å². The smallest absolute Gasteiger partial charge is 0.164 e. The number of hydrogen-bond acceptors (Lipinski definition) is 10. The summed E-state index contributed by atoms with van der Waals surface area (Å²) in [6.07, 6.45) is 2.36. The summed E-state index contributed by atoms with van der Waals surface area (Å²) in [5.74, 6) is 5.05. The molecule has 3 N–H and O–H groups in total. The maximum atomic E-state index is 10.0. The van der Waals surface area contributed by atoms with Crippen LogP contribution in [0.25, 0.3) is 11.4 Å². The maximum Gasteiger partial charge on any atom is 0.164 e. The molecule has 0 aliphatic carbocycles. The lowest BCUT2D eigenvalue weighted by Crippen LogP contribution is -2.36. The molecule has 3 aromatic rings. The molecule has 4 heterocycles. The summed E-state index contributed by atoms with van der Waals surface area (Å²) in [6, 6.07) is 8.38. The number of aliphatic hydroxyl groups is 1. The van der Waals surface area contributed by atoms with Crippen LogP contribution in [0.15, 0.2) is 24.3 Å². The van der Waals surface area contributed by atoms with Crippen molar-refractivity contribution in [2.24, 2.45) is 0 Å². The van der Waals surface area contributed by atoms with Crippen molar-refractivity contribution in [3.05, 3.63) is 41.5 Å². The minimum absolute atomic E-state index is 0.207. The molecule has 0 saturated carbocycles. The predicted molar refractivity (Wildman–Crippen MR) is 150 cm³/mol. The number of benzene rings is 1. The molecule has 0 radical (unpaired) electrons. The Labute approximate surface area is 230 Å². The Morgan fingerprint density at radius 1 is 1.10 bits per heavy atom. The van der Waals surface area contributed by atoms with Gasteiger partial charge < -0.3 is 34.7 Å². The summed E-state index contributed by atoms with van der Waals surface area (Å²) in [5, 5.41) is 25.1. The Morgan fingerprint density at radius 3 is 2.56 bits per heavy atom. The lowest BCUT2D eigenvalue weighted by molar-refractivity contribution is 0.108. The summed E-state index contributed by atoms with van der Waals surface area (Å²) in [7, 11) is 1.80. The number of aromatic nitrogens is 5. The van der Waals surface area contributed by atoms with E-state index in [0.717, 1.165) is 73.4 Å². The number of piperidine rings is 1. The highest BCUT2D eigenvalue weighted by molar-refractivity contribution is 5.67. The molecular formula is C28H40N8O3. The van der Waals surface area contributed by atoms with E-state index >= 15 is 0 Å². The van der Waals surface area contributed by atoms with E-state index < -0.39 is 6.10 Å². The van der Waals surface area contributed by atoms with Gasteiger partial charge in [-0.2, -0.15) is 0 Å². The van der Waals surface area contributed by atoms with E-state index in [1.54, 1.807) is 7.05 Å². The SMILES string of the molecule is CNCC(O)COc1cccc(-c2nc(NC3CCOC3)c(C)c(N3CCC(n4c(C)nnc4C)CC3)n2)c1. The summed E-state index contributed by atoms with van der Waals surface area (Å²) in [5.41, 5.74) is 1.91. The third-order valence-electron chi connectivity index (χ3n) is 7.53. The first-order valence-corrected chi connectivity index (χ1v) is 13.8. The molecule has 0 amide bonds. The Morgan fingerprint density at radius 2 is 1.87 bits per heavy atom. The Balaban J connectivity index is 1.41. The summed E-state index contributed by atoms with van der Waals surface area (Å²) >= 11 is 0. The highest BCUT2D eigenvalue weighted by atomic mass is 16.5. The maximum absolute atomic E-state index is 10.0. The average Bonchev–Trinajstić information content (AvgIpc) is 3.58. The highest BCUT2D eigenvalue weighted by Gasteiger charge is 2.27. The van der Waals surface area contributed by atoms with Crippen molar-refractivity contribution in [2.75, 3.05) is 56.7 Å². The molecule has 210 valence electrons. The van der Waals surface area contributed by atoms with Gasteiger partial charge >= 0.3 is 0 Å². The van der Waals surface area contributed by atoms with E-state index in [1.807, 2.05) is 38.1 Å². The van der Waals surface area contributed by atoms with Crippen LogP contribution < -0.4 is 20.3 Å². The summed E-state index contributed by atoms with van der Waals surface area (Å²) in [6.45, 7) is 10.0. The third kappa shape index (κ3) is 6.32. The molecular weight excluding hydrogens is 496 g/mol. The minimum atomic E-state index is -0.584. The molecule has 2 saturated heterocycles. The number of anilines is 2. The zero-order valence-corrected chi connectivity index (χ0v) is 23.4. The van der Waals surface area contributed by atoms with E-state index in [4.69, 9.17) is 19.4 Å². The van der Waals surface area contributed by atoms with Gasteiger partial charge in [0, 0.05) is 43.4 Å². The zero-order valence-electron chi connectivity index (χ0n) is 23.4. The third-order valence-corrected chi connectivity index (χ3v) is 7.53. The molecule has 2 unspecified atom stereocenters. The number of likely N-dealkylation sites (N-methyl/N-ethyl adjacent to an activating group) is 1. The van der Waals surface area contributed by atoms with Crippen LogP contribution in [-0.2, 0) is 4.74 Å². The fourth-order valence-corrected chi connectivity index (χ4v) is 5.48. The number of hydrogen-bond donors (Lipinski definition) is 3. The van der Waals surface area contributed by atoms with Crippen molar-refractivity contribution in [2.45, 2.75) is 58.2 Å². The van der Waals surface area contributed by atoms with Gasteiger partial charge in [0.1, 0.15) is 41.7 Å².